The first-order valence-electron chi connectivity index (χ1n) is 8.99. The molecule has 3 heterocycles. The van der Waals surface area contributed by atoms with Crippen LogP contribution in [-0.2, 0) is 18.5 Å². The van der Waals surface area contributed by atoms with Gasteiger partial charge in [0.25, 0.3) is 11.8 Å². The van der Waals surface area contributed by atoms with Gasteiger partial charge in [0.1, 0.15) is 0 Å². The van der Waals surface area contributed by atoms with Crippen molar-refractivity contribution in [2.24, 2.45) is 0 Å². The largest absolute Gasteiger partial charge is 0.416 e. The molecule has 2 aromatic heterocycles. The van der Waals surface area contributed by atoms with Crippen LogP contribution in [0.15, 0.2) is 55.0 Å². The van der Waals surface area contributed by atoms with Crippen LogP contribution in [0, 0.1) is 0 Å². The van der Waals surface area contributed by atoms with E-state index in [1.807, 2.05) is 0 Å². The van der Waals surface area contributed by atoms with Crippen molar-refractivity contribution in [3.05, 3.63) is 77.4 Å². The Morgan fingerprint density at radius 1 is 1.03 bits per heavy atom. The first-order valence-corrected chi connectivity index (χ1v) is 8.99. The van der Waals surface area contributed by atoms with Gasteiger partial charge in [-0.15, -0.1) is 0 Å². The highest BCUT2D eigenvalue weighted by atomic mass is 19.4. The quantitative estimate of drug-likeness (QED) is 0.596. The highest BCUT2D eigenvalue weighted by molar-refractivity contribution is 5.96. The molecule has 1 aliphatic rings. The van der Waals surface area contributed by atoms with E-state index in [9.17, 15) is 26.7 Å². The Bertz CT molecular complexity index is 1080. The summed E-state index contributed by atoms with van der Waals surface area (Å²) in [6.45, 7) is -1.03. The van der Waals surface area contributed by atoms with Gasteiger partial charge < -0.3 is 4.90 Å². The predicted octanol–water partition coefficient (Wildman–Crippen LogP) is 4.08. The van der Waals surface area contributed by atoms with Crippen LogP contribution in [0.3, 0.4) is 0 Å². The van der Waals surface area contributed by atoms with E-state index < -0.39 is 35.7 Å². The fraction of sp³-hybridized carbons (Fsp3) is 0.250. The minimum Gasteiger partial charge on any atom is -0.332 e. The van der Waals surface area contributed by atoms with Crippen LogP contribution in [-0.4, -0.2) is 38.7 Å². The number of hydrogen-bond acceptors (Lipinski definition) is 3. The molecule has 1 amide bonds. The van der Waals surface area contributed by atoms with Crippen LogP contribution >= 0.6 is 0 Å². The number of alkyl halides is 5. The summed E-state index contributed by atoms with van der Waals surface area (Å²) < 4.78 is 69.5. The lowest BCUT2D eigenvalue weighted by atomic mass is 10.0. The maximum Gasteiger partial charge on any atom is 0.416 e. The number of carbonyl (C=O) groups excluding carboxylic acids is 1. The Hall–Kier alpha value is -3.30. The maximum absolute atomic E-state index is 14.7. The van der Waals surface area contributed by atoms with Crippen molar-refractivity contribution in [2.75, 3.05) is 13.1 Å². The topological polar surface area (TPSA) is 51.0 Å². The lowest BCUT2D eigenvalue weighted by Gasteiger charge is -2.30. The van der Waals surface area contributed by atoms with E-state index in [-0.39, 0.29) is 18.5 Å². The van der Waals surface area contributed by atoms with Gasteiger partial charge in [-0.2, -0.15) is 27.1 Å². The summed E-state index contributed by atoms with van der Waals surface area (Å²) in [4.78, 5) is 17.7. The Kier molecular flexibility index (Phi) is 4.79. The number of fused-ring (bicyclic) bond motifs is 1. The molecule has 30 heavy (non-hydrogen) atoms. The van der Waals surface area contributed by atoms with Crippen LogP contribution < -0.4 is 0 Å². The fourth-order valence-electron chi connectivity index (χ4n) is 3.31. The zero-order chi connectivity index (χ0) is 21.5. The molecule has 1 aliphatic heterocycles. The molecule has 5 nitrogen and oxygen atoms in total. The Morgan fingerprint density at radius 2 is 1.80 bits per heavy atom. The molecule has 3 aromatic rings. The van der Waals surface area contributed by atoms with Crippen molar-refractivity contribution in [3.8, 4) is 5.69 Å². The highest BCUT2D eigenvalue weighted by Crippen LogP contribution is 2.35. The summed E-state index contributed by atoms with van der Waals surface area (Å²) in [5.74, 6) is -4.29. The number of amides is 1. The standard InChI is InChI=1S/C20H15F5N4O/c21-19(22,13-3-1-4-14(9-13)20(23,24)25)12-28-8-6-17-16(18(28)30)11-29(27-17)15-5-2-7-26-10-15/h1-5,7,9-11H,6,8,12H2. The molecular weight excluding hydrogens is 407 g/mol. The van der Waals surface area contributed by atoms with Gasteiger partial charge >= 0.3 is 6.18 Å². The van der Waals surface area contributed by atoms with Gasteiger partial charge in [0.15, 0.2) is 0 Å². The number of aromatic nitrogens is 3. The van der Waals surface area contributed by atoms with Crippen molar-refractivity contribution < 1.29 is 26.7 Å². The van der Waals surface area contributed by atoms with Gasteiger partial charge in [0.2, 0.25) is 0 Å². The molecule has 0 bridgehead atoms. The molecule has 1 aromatic carbocycles. The van der Waals surface area contributed by atoms with Crippen LogP contribution in [0.2, 0.25) is 0 Å². The maximum atomic E-state index is 14.7. The van der Waals surface area contributed by atoms with Gasteiger partial charge in [0.05, 0.1) is 35.2 Å². The van der Waals surface area contributed by atoms with E-state index in [1.54, 1.807) is 24.5 Å². The minimum absolute atomic E-state index is 0.00949. The van der Waals surface area contributed by atoms with Crippen LogP contribution in [0.1, 0.15) is 27.2 Å². The second kappa shape index (κ2) is 7.19. The van der Waals surface area contributed by atoms with E-state index in [2.05, 4.69) is 10.1 Å². The molecule has 0 N–H and O–H groups in total. The molecule has 0 unspecified atom stereocenters. The molecule has 0 atom stereocenters. The molecule has 0 spiro atoms. The third-order valence-corrected chi connectivity index (χ3v) is 4.84. The summed E-state index contributed by atoms with van der Waals surface area (Å²) in [7, 11) is 0. The number of pyridine rings is 1. The summed E-state index contributed by atoms with van der Waals surface area (Å²) in [5, 5.41) is 4.32. The first kappa shape index (κ1) is 20.0. The third kappa shape index (κ3) is 3.77. The van der Waals surface area contributed by atoms with Crippen molar-refractivity contribution in [3.63, 3.8) is 0 Å². The minimum atomic E-state index is -4.73. The van der Waals surface area contributed by atoms with Crippen LogP contribution in [0.25, 0.3) is 5.69 Å². The molecule has 10 heteroatoms. The fourth-order valence-corrected chi connectivity index (χ4v) is 3.31. The number of nitrogens with zero attached hydrogens (tertiary/aromatic N) is 4. The Balaban J connectivity index is 1.57. The summed E-state index contributed by atoms with van der Waals surface area (Å²) >= 11 is 0. The van der Waals surface area contributed by atoms with Crippen molar-refractivity contribution in [1.29, 1.82) is 0 Å². The summed E-state index contributed by atoms with van der Waals surface area (Å²) in [5.41, 5.74) is -0.681. The zero-order valence-corrected chi connectivity index (χ0v) is 15.4. The molecule has 0 radical (unpaired) electrons. The number of rotatable bonds is 4. The molecule has 0 aliphatic carbocycles. The van der Waals surface area contributed by atoms with Gasteiger partial charge in [0, 0.05) is 30.9 Å². The smallest absolute Gasteiger partial charge is 0.332 e. The van der Waals surface area contributed by atoms with Gasteiger partial charge in [-0.05, 0) is 24.3 Å². The molecule has 156 valence electrons. The monoisotopic (exact) mass is 422 g/mol. The Morgan fingerprint density at radius 3 is 2.50 bits per heavy atom. The highest BCUT2D eigenvalue weighted by Gasteiger charge is 2.40. The van der Waals surface area contributed by atoms with E-state index in [0.717, 1.165) is 23.1 Å². The number of carbonyl (C=O) groups is 1. The lowest BCUT2D eigenvalue weighted by Crippen LogP contribution is -2.43. The SMILES string of the molecule is O=C1c2cn(-c3cccnc3)nc2CCN1CC(F)(F)c1cccc(C(F)(F)F)c1. The summed E-state index contributed by atoms with van der Waals surface area (Å²) in [6, 6.07) is 6.43. The zero-order valence-electron chi connectivity index (χ0n) is 15.4. The number of halogens is 5. The van der Waals surface area contributed by atoms with Crippen molar-refractivity contribution in [1.82, 2.24) is 19.7 Å². The number of benzene rings is 1. The van der Waals surface area contributed by atoms with E-state index in [4.69, 9.17) is 0 Å². The molecule has 0 fully saturated rings. The molecule has 4 rings (SSSR count). The normalized spacial score (nSPS) is 14.7. The second-order valence-corrected chi connectivity index (χ2v) is 6.90. The first-order chi connectivity index (χ1) is 14.1. The van der Waals surface area contributed by atoms with E-state index in [1.165, 1.54) is 10.9 Å². The van der Waals surface area contributed by atoms with Gasteiger partial charge in [-0.3, -0.25) is 9.78 Å². The van der Waals surface area contributed by atoms with Gasteiger partial charge in [-0.25, -0.2) is 4.68 Å². The summed E-state index contributed by atoms with van der Waals surface area (Å²) in [6.07, 6.45) is 0.0945. The van der Waals surface area contributed by atoms with Gasteiger partial charge in [-0.1, -0.05) is 12.1 Å². The van der Waals surface area contributed by atoms with E-state index >= 15 is 0 Å². The van der Waals surface area contributed by atoms with Crippen molar-refractivity contribution >= 4 is 5.91 Å². The van der Waals surface area contributed by atoms with Crippen LogP contribution in [0.5, 0.6) is 0 Å². The van der Waals surface area contributed by atoms with Crippen molar-refractivity contribution in [2.45, 2.75) is 18.5 Å². The number of hydrogen-bond donors (Lipinski definition) is 0. The molecule has 0 saturated heterocycles. The third-order valence-electron chi connectivity index (χ3n) is 4.84. The molecular formula is C20H15F5N4O. The lowest BCUT2D eigenvalue weighted by molar-refractivity contribution is -0.137. The average molecular weight is 422 g/mol. The van der Waals surface area contributed by atoms with Crippen LogP contribution in [0.4, 0.5) is 22.0 Å². The Labute approximate surface area is 167 Å². The predicted molar refractivity (Wildman–Crippen MR) is 96.3 cm³/mol. The molecule has 0 saturated carbocycles. The van der Waals surface area contributed by atoms with E-state index in [0.29, 0.717) is 17.4 Å². The average Bonchev–Trinajstić information content (AvgIpc) is 3.15. The second-order valence-electron chi connectivity index (χ2n) is 6.90.